The molecule has 31 heavy (non-hydrogen) atoms. The van der Waals surface area contributed by atoms with Gasteiger partial charge in [0.05, 0.1) is 0 Å². The van der Waals surface area contributed by atoms with Crippen LogP contribution >= 0.6 is 0 Å². The molecule has 0 spiro atoms. The molecule has 0 atom stereocenters. The van der Waals surface area contributed by atoms with Crippen LogP contribution in [-0.2, 0) is 20.0 Å². The number of fused-ring (bicyclic) bond motifs is 1. The van der Waals surface area contributed by atoms with Gasteiger partial charge in [-0.2, -0.15) is 4.98 Å². The number of piperazine rings is 1. The minimum absolute atomic E-state index is 0.354. The molecule has 0 aliphatic carbocycles. The standard InChI is InChI=1S/C23H32N6O2/c1-17(2)16-29-19-20(26(3)23(31)25-21(19)30)24-22(29)28-14-12-27(13-15-28)11-7-10-18-8-5-4-6-9-18/h4-6,8-9,17H,7,10-16H2,1-3H3,(H,25,30,31). The first kappa shape index (κ1) is 21.4. The highest BCUT2D eigenvalue weighted by Crippen LogP contribution is 2.22. The summed E-state index contributed by atoms with van der Waals surface area (Å²) in [7, 11) is 1.65. The van der Waals surface area contributed by atoms with Crippen molar-refractivity contribution in [3.8, 4) is 0 Å². The van der Waals surface area contributed by atoms with E-state index < -0.39 is 5.69 Å². The fraction of sp³-hybridized carbons (Fsp3) is 0.522. The van der Waals surface area contributed by atoms with Crippen LogP contribution in [0.5, 0.6) is 0 Å². The van der Waals surface area contributed by atoms with E-state index in [4.69, 9.17) is 4.98 Å². The third-order valence-corrected chi connectivity index (χ3v) is 5.97. The molecule has 2 aromatic heterocycles. The fourth-order valence-electron chi connectivity index (χ4n) is 4.33. The van der Waals surface area contributed by atoms with Crippen LogP contribution in [0.15, 0.2) is 39.9 Å². The number of nitrogens with one attached hydrogen (secondary N) is 1. The van der Waals surface area contributed by atoms with E-state index in [1.807, 2.05) is 4.57 Å². The molecule has 3 heterocycles. The van der Waals surface area contributed by atoms with Crippen molar-refractivity contribution >= 4 is 17.1 Å². The third-order valence-electron chi connectivity index (χ3n) is 5.97. The van der Waals surface area contributed by atoms with Gasteiger partial charge in [0.25, 0.3) is 5.56 Å². The van der Waals surface area contributed by atoms with Crippen molar-refractivity contribution in [1.82, 2.24) is 24.0 Å². The third kappa shape index (κ3) is 4.58. The molecule has 0 saturated carbocycles. The Balaban J connectivity index is 1.48. The fourth-order valence-corrected chi connectivity index (χ4v) is 4.33. The Morgan fingerprint density at radius 3 is 2.45 bits per heavy atom. The first-order chi connectivity index (χ1) is 14.9. The van der Waals surface area contributed by atoms with Crippen LogP contribution in [0, 0.1) is 5.92 Å². The van der Waals surface area contributed by atoms with E-state index in [-0.39, 0.29) is 5.56 Å². The summed E-state index contributed by atoms with van der Waals surface area (Å²) in [5.74, 6) is 1.14. The normalized spacial score (nSPS) is 15.3. The van der Waals surface area contributed by atoms with Gasteiger partial charge in [-0.1, -0.05) is 44.2 Å². The molecule has 0 unspecified atom stereocenters. The van der Waals surface area contributed by atoms with Gasteiger partial charge in [0.15, 0.2) is 11.2 Å². The second-order valence-electron chi connectivity index (χ2n) is 8.82. The Hall–Kier alpha value is -2.87. The molecule has 1 aliphatic heterocycles. The maximum Gasteiger partial charge on any atom is 0.329 e. The molecular weight excluding hydrogens is 392 g/mol. The quantitative estimate of drug-likeness (QED) is 0.626. The van der Waals surface area contributed by atoms with Crippen LogP contribution in [0.3, 0.4) is 0 Å². The lowest BCUT2D eigenvalue weighted by Crippen LogP contribution is -2.47. The predicted octanol–water partition coefficient (Wildman–Crippen LogP) is 1.83. The van der Waals surface area contributed by atoms with Crippen LogP contribution in [0.4, 0.5) is 5.95 Å². The van der Waals surface area contributed by atoms with E-state index in [9.17, 15) is 9.59 Å². The van der Waals surface area contributed by atoms with E-state index in [2.05, 4.69) is 59.0 Å². The molecule has 8 nitrogen and oxygen atoms in total. The second kappa shape index (κ2) is 9.09. The van der Waals surface area contributed by atoms with E-state index in [1.165, 1.54) is 10.1 Å². The Bertz CT molecular complexity index is 1140. The molecule has 3 aromatic rings. The average molecular weight is 425 g/mol. The van der Waals surface area contributed by atoms with Gasteiger partial charge in [-0.15, -0.1) is 0 Å². The van der Waals surface area contributed by atoms with Gasteiger partial charge in [-0.3, -0.25) is 19.2 Å². The van der Waals surface area contributed by atoms with Crippen molar-refractivity contribution in [3.63, 3.8) is 0 Å². The number of hydrogen-bond acceptors (Lipinski definition) is 5. The summed E-state index contributed by atoms with van der Waals surface area (Å²) in [4.78, 5) is 36.6. The molecule has 8 heteroatoms. The van der Waals surface area contributed by atoms with Gasteiger partial charge in [0, 0.05) is 39.8 Å². The summed E-state index contributed by atoms with van der Waals surface area (Å²) < 4.78 is 3.42. The molecule has 0 radical (unpaired) electrons. The Kier molecular flexibility index (Phi) is 6.27. The maximum absolute atomic E-state index is 12.6. The Labute approximate surface area is 182 Å². The molecule has 1 aromatic carbocycles. The minimum atomic E-state index is -0.429. The van der Waals surface area contributed by atoms with Crippen LogP contribution < -0.4 is 16.1 Å². The van der Waals surface area contributed by atoms with Gasteiger partial charge in [0.1, 0.15) is 0 Å². The van der Waals surface area contributed by atoms with Crippen LogP contribution in [-0.4, -0.2) is 56.7 Å². The number of H-pyrrole nitrogens is 1. The van der Waals surface area contributed by atoms with Crippen molar-refractivity contribution in [1.29, 1.82) is 0 Å². The average Bonchev–Trinajstić information content (AvgIpc) is 3.12. The molecule has 4 rings (SSSR count). The molecule has 0 amide bonds. The van der Waals surface area contributed by atoms with Gasteiger partial charge in [-0.05, 0) is 30.9 Å². The van der Waals surface area contributed by atoms with E-state index in [1.54, 1.807) is 7.05 Å². The Morgan fingerprint density at radius 1 is 1.06 bits per heavy atom. The van der Waals surface area contributed by atoms with Crippen LogP contribution in [0.25, 0.3) is 11.2 Å². The smallest absolute Gasteiger partial charge is 0.329 e. The van der Waals surface area contributed by atoms with Gasteiger partial charge in [0.2, 0.25) is 5.95 Å². The number of aromatic nitrogens is 4. The van der Waals surface area contributed by atoms with Crippen LogP contribution in [0.1, 0.15) is 25.8 Å². The molecule has 1 N–H and O–H groups in total. The monoisotopic (exact) mass is 424 g/mol. The molecule has 1 aliphatic rings. The van der Waals surface area contributed by atoms with E-state index in [0.717, 1.165) is 51.5 Å². The molecular formula is C23H32N6O2. The van der Waals surface area contributed by atoms with Gasteiger partial charge < -0.3 is 9.47 Å². The highest BCUT2D eigenvalue weighted by atomic mass is 16.2. The summed E-state index contributed by atoms with van der Waals surface area (Å²) in [5, 5.41) is 0. The summed E-state index contributed by atoms with van der Waals surface area (Å²) >= 11 is 0. The van der Waals surface area contributed by atoms with E-state index >= 15 is 0 Å². The highest BCUT2D eigenvalue weighted by molar-refractivity contribution is 5.74. The van der Waals surface area contributed by atoms with Crippen molar-refractivity contribution < 1.29 is 0 Å². The number of nitrogens with zero attached hydrogens (tertiary/aromatic N) is 5. The number of aromatic amines is 1. The van der Waals surface area contributed by atoms with Crippen molar-refractivity contribution in [2.75, 3.05) is 37.6 Å². The Morgan fingerprint density at radius 2 is 1.77 bits per heavy atom. The lowest BCUT2D eigenvalue weighted by Gasteiger charge is -2.35. The molecule has 0 bridgehead atoms. The highest BCUT2D eigenvalue weighted by Gasteiger charge is 2.25. The van der Waals surface area contributed by atoms with Crippen molar-refractivity contribution in [3.05, 3.63) is 56.7 Å². The summed E-state index contributed by atoms with van der Waals surface area (Å²) in [6.45, 7) is 9.66. The maximum atomic E-state index is 12.6. The first-order valence-corrected chi connectivity index (χ1v) is 11.1. The summed E-state index contributed by atoms with van der Waals surface area (Å²) in [6.07, 6.45) is 2.25. The largest absolute Gasteiger partial charge is 0.340 e. The SMILES string of the molecule is CC(C)Cn1c(N2CCN(CCCc3ccccc3)CC2)nc2c1c(=O)[nH]c(=O)n2C. The zero-order valence-electron chi connectivity index (χ0n) is 18.7. The summed E-state index contributed by atoms with van der Waals surface area (Å²) in [6, 6.07) is 10.6. The molecule has 1 saturated heterocycles. The van der Waals surface area contributed by atoms with Crippen molar-refractivity contribution in [2.45, 2.75) is 33.2 Å². The number of imidazole rings is 1. The van der Waals surface area contributed by atoms with Crippen molar-refractivity contribution in [2.24, 2.45) is 13.0 Å². The zero-order chi connectivity index (χ0) is 22.0. The topological polar surface area (TPSA) is 79.2 Å². The number of aryl methyl sites for hydroxylation is 2. The predicted molar refractivity (Wildman–Crippen MR) is 124 cm³/mol. The zero-order valence-corrected chi connectivity index (χ0v) is 18.7. The first-order valence-electron chi connectivity index (χ1n) is 11.1. The number of anilines is 1. The summed E-state index contributed by atoms with van der Waals surface area (Å²) in [5.41, 5.74) is 1.53. The second-order valence-corrected chi connectivity index (χ2v) is 8.82. The number of hydrogen-bond donors (Lipinski definition) is 1. The van der Waals surface area contributed by atoms with Gasteiger partial charge >= 0.3 is 5.69 Å². The van der Waals surface area contributed by atoms with Gasteiger partial charge in [-0.25, -0.2) is 4.79 Å². The number of rotatable bonds is 7. The van der Waals surface area contributed by atoms with E-state index in [0.29, 0.717) is 23.6 Å². The molecule has 166 valence electrons. The minimum Gasteiger partial charge on any atom is -0.340 e. The van der Waals surface area contributed by atoms with Crippen LogP contribution in [0.2, 0.25) is 0 Å². The lowest BCUT2D eigenvalue weighted by atomic mass is 10.1. The lowest BCUT2D eigenvalue weighted by molar-refractivity contribution is 0.253. The number of benzene rings is 1. The molecule has 1 fully saturated rings.